The van der Waals surface area contributed by atoms with Gasteiger partial charge in [0.1, 0.15) is 11.5 Å². The van der Waals surface area contributed by atoms with Gasteiger partial charge in [0.15, 0.2) is 0 Å². The predicted molar refractivity (Wildman–Crippen MR) is 108 cm³/mol. The Morgan fingerprint density at radius 2 is 1.73 bits per heavy atom. The lowest BCUT2D eigenvalue weighted by Gasteiger charge is -2.21. The molecule has 0 saturated heterocycles. The van der Waals surface area contributed by atoms with Crippen LogP contribution in [0.2, 0.25) is 0 Å². The molecule has 1 N–H and O–H groups in total. The Hall–Kier alpha value is -2.16. The molecule has 1 aliphatic carbocycles. The first-order valence-corrected chi connectivity index (χ1v) is 10.0. The molecule has 0 amide bonds. The lowest BCUT2D eigenvalue weighted by atomic mass is 9.87. The van der Waals surface area contributed by atoms with Crippen LogP contribution in [0.4, 0.5) is 5.69 Å². The Labute approximate surface area is 157 Å². The third-order valence-electron chi connectivity index (χ3n) is 5.08. The van der Waals surface area contributed by atoms with Crippen LogP contribution >= 0.6 is 0 Å². The number of nitrogens with one attached hydrogen (secondary N) is 1. The summed E-state index contributed by atoms with van der Waals surface area (Å²) in [6.07, 6.45) is 8.18. The molecular weight excluding hydrogens is 322 g/mol. The summed E-state index contributed by atoms with van der Waals surface area (Å²) in [6, 6.07) is 16.5. The molecule has 1 fully saturated rings. The van der Waals surface area contributed by atoms with Crippen LogP contribution in [0, 0.1) is 5.92 Å². The van der Waals surface area contributed by atoms with Gasteiger partial charge >= 0.3 is 0 Å². The van der Waals surface area contributed by atoms with E-state index in [0.29, 0.717) is 6.61 Å². The third-order valence-corrected chi connectivity index (χ3v) is 5.08. The van der Waals surface area contributed by atoms with Crippen molar-refractivity contribution in [2.45, 2.75) is 52.0 Å². The lowest BCUT2D eigenvalue weighted by molar-refractivity contribution is 0.246. The molecule has 2 aromatic rings. The summed E-state index contributed by atoms with van der Waals surface area (Å²) < 4.78 is 11.5. The van der Waals surface area contributed by atoms with Crippen LogP contribution in [0.5, 0.6) is 11.5 Å². The van der Waals surface area contributed by atoms with E-state index in [0.717, 1.165) is 36.3 Å². The first-order chi connectivity index (χ1) is 12.8. The monoisotopic (exact) mass is 353 g/mol. The Morgan fingerprint density at radius 3 is 2.50 bits per heavy atom. The second-order valence-electron chi connectivity index (χ2n) is 7.10. The number of hydrogen-bond acceptors (Lipinski definition) is 3. The van der Waals surface area contributed by atoms with Crippen LogP contribution in [-0.2, 0) is 6.54 Å². The van der Waals surface area contributed by atoms with Crippen LogP contribution in [0.15, 0.2) is 48.5 Å². The van der Waals surface area contributed by atoms with E-state index in [9.17, 15) is 0 Å². The SMILES string of the molecule is CCOc1cccc(CNc2ccc(OCCC3CCCCC3)cc2)c1. The zero-order chi connectivity index (χ0) is 18.0. The molecule has 140 valence electrons. The fourth-order valence-corrected chi connectivity index (χ4v) is 3.60. The predicted octanol–water partition coefficient (Wildman–Crippen LogP) is 6.05. The van der Waals surface area contributed by atoms with Gasteiger partial charge in [-0.05, 0) is 61.2 Å². The highest BCUT2D eigenvalue weighted by Crippen LogP contribution is 2.26. The van der Waals surface area contributed by atoms with E-state index in [1.807, 2.05) is 19.1 Å². The van der Waals surface area contributed by atoms with Gasteiger partial charge in [-0.15, -0.1) is 0 Å². The van der Waals surface area contributed by atoms with Crippen molar-refractivity contribution in [2.75, 3.05) is 18.5 Å². The van der Waals surface area contributed by atoms with Gasteiger partial charge in [-0.3, -0.25) is 0 Å². The third kappa shape index (κ3) is 5.98. The molecule has 0 heterocycles. The van der Waals surface area contributed by atoms with Gasteiger partial charge in [-0.2, -0.15) is 0 Å². The van der Waals surface area contributed by atoms with Crippen LogP contribution in [0.1, 0.15) is 51.0 Å². The lowest BCUT2D eigenvalue weighted by Crippen LogP contribution is -2.10. The van der Waals surface area contributed by atoms with Crippen molar-refractivity contribution in [3.8, 4) is 11.5 Å². The summed E-state index contributed by atoms with van der Waals surface area (Å²) in [5.74, 6) is 2.76. The number of anilines is 1. The van der Waals surface area contributed by atoms with E-state index >= 15 is 0 Å². The summed E-state index contributed by atoms with van der Waals surface area (Å²) in [4.78, 5) is 0. The van der Waals surface area contributed by atoms with Gasteiger partial charge in [-0.1, -0.05) is 44.2 Å². The molecule has 0 radical (unpaired) electrons. The minimum absolute atomic E-state index is 0.694. The number of hydrogen-bond donors (Lipinski definition) is 1. The average molecular weight is 354 g/mol. The fourth-order valence-electron chi connectivity index (χ4n) is 3.60. The van der Waals surface area contributed by atoms with E-state index in [2.05, 4.69) is 41.7 Å². The molecular formula is C23H31NO2. The molecule has 1 saturated carbocycles. The number of benzene rings is 2. The first kappa shape index (κ1) is 18.6. The van der Waals surface area contributed by atoms with E-state index in [-0.39, 0.29) is 0 Å². The zero-order valence-corrected chi connectivity index (χ0v) is 15.9. The minimum Gasteiger partial charge on any atom is -0.494 e. The smallest absolute Gasteiger partial charge is 0.119 e. The van der Waals surface area contributed by atoms with Crippen molar-refractivity contribution < 1.29 is 9.47 Å². The van der Waals surface area contributed by atoms with Crippen molar-refractivity contribution >= 4 is 5.69 Å². The van der Waals surface area contributed by atoms with Crippen molar-refractivity contribution in [3.05, 3.63) is 54.1 Å². The summed E-state index contributed by atoms with van der Waals surface area (Å²) in [6.45, 7) is 4.31. The summed E-state index contributed by atoms with van der Waals surface area (Å²) in [5.41, 5.74) is 2.32. The Kier molecular flexibility index (Phi) is 7.24. The van der Waals surface area contributed by atoms with Gasteiger partial charge in [-0.25, -0.2) is 0 Å². The fraction of sp³-hybridized carbons (Fsp3) is 0.478. The zero-order valence-electron chi connectivity index (χ0n) is 15.9. The van der Waals surface area contributed by atoms with Gasteiger partial charge in [0, 0.05) is 12.2 Å². The molecule has 0 aliphatic heterocycles. The van der Waals surface area contributed by atoms with Crippen molar-refractivity contribution in [2.24, 2.45) is 5.92 Å². The van der Waals surface area contributed by atoms with Crippen LogP contribution < -0.4 is 14.8 Å². The highest BCUT2D eigenvalue weighted by molar-refractivity contribution is 5.47. The van der Waals surface area contributed by atoms with Crippen molar-refractivity contribution in [3.63, 3.8) is 0 Å². The highest BCUT2D eigenvalue weighted by atomic mass is 16.5. The molecule has 0 aromatic heterocycles. The molecule has 26 heavy (non-hydrogen) atoms. The van der Waals surface area contributed by atoms with Crippen molar-refractivity contribution in [1.29, 1.82) is 0 Å². The standard InChI is InChI=1S/C23H31NO2/c1-2-25-23-10-6-9-20(17-23)18-24-21-11-13-22(14-12-21)26-16-15-19-7-4-3-5-8-19/h6,9-14,17,19,24H,2-5,7-8,15-16,18H2,1H3. The quantitative estimate of drug-likeness (QED) is 0.595. The van der Waals surface area contributed by atoms with Crippen LogP contribution in [0.25, 0.3) is 0 Å². The Balaban J connectivity index is 1.41. The second kappa shape index (κ2) is 10.1. The van der Waals surface area contributed by atoms with E-state index in [1.165, 1.54) is 44.1 Å². The number of ether oxygens (including phenoxy) is 2. The van der Waals surface area contributed by atoms with E-state index in [1.54, 1.807) is 0 Å². The largest absolute Gasteiger partial charge is 0.494 e. The van der Waals surface area contributed by atoms with Crippen molar-refractivity contribution in [1.82, 2.24) is 0 Å². The second-order valence-corrected chi connectivity index (χ2v) is 7.10. The van der Waals surface area contributed by atoms with E-state index in [4.69, 9.17) is 9.47 Å². The Bertz CT molecular complexity index is 648. The molecule has 3 heteroatoms. The topological polar surface area (TPSA) is 30.5 Å². The maximum absolute atomic E-state index is 5.92. The molecule has 3 nitrogen and oxygen atoms in total. The first-order valence-electron chi connectivity index (χ1n) is 10.0. The summed E-state index contributed by atoms with van der Waals surface area (Å²) in [7, 11) is 0. The molecule has 2 aromatic carbocycles. The molecule has 0 bridgehead atoms. The molecule has 0 unspecified atom stereocenters. The Morgan fingerprint density at radius 1 is 0.923 bits per heavy atom. The highest BCUT2D eigenvalue weighted by Gasteiger charge is 2.13. The van der Waals surface area contributed by atoms with Crippen LogP contribution in [0.3, 0.4) is 0 Å². The normalized spacial score (nSPS) is 14.8. The molecule has 0 spiro atoms. The van der Waals surface area contributed by atoms with Gasteiger partial charge < -0.3 is 14.8 Å². The average Bonchev–Trinajstić information content (AvgIpc) is 2.69. The molecule has 0 atom stereocenters. The van der Waals surface area contributed by atoms with E-state index < -0.39 is 0 Å². The van der Waals surface area contributed by atoms with Gasteiger partial charge in [0.25, 0.3) is 0 Å². The van der Waals surface area contributed by atoms with Crippen LogP contribution in [-0.4, -0.2) is 13.2 Å². The maximum atomic E-state index is 5.92. The number of rotatable bonds is 9. The summed E-state index contributed by atoms with van der Waals surface area (Å²) >= 11 is 0. The summed E-state index contributed by atoms with van der Waals surface area (Å²) in [5, 5.41) is 3.45. The van der Waals surface area contributed by atoms with Gasteiger partial charge in [0.05, 0.1) is 13.2 Å². The van der Waals surface area contributed by atoms with Gasteiger partial charge in [0.2, 0.25) is 0 Å². The minimum atomic E-state index is 0.694. The maximum Gasteiger partial charge on any atom is 0.119 e. The molecule has 3 rings (SSSR count). The molecule has 1 aliphatic rings.